The Morgan fingerprint density at radius 1 is 1.25 bits per heavy atom. The molecule has 1 N–H and O–H groups in total. The van der Waals surface area contributed by atoms with Crippen molar-refractivity contribution in [3.63, 3.8) is 0 Å². The summed E-state index contributed by atoms with van der Waals surface area (Å²) in [6, 6.07) is 10.0. The molecule has 2 aromatic rings. The van der Waals surface area contributed by atoms with E-state index in [0.29, 0.717) is 5.56 Å². The van der Waals surface area contributed by atoms with E-state index in [1.165, 1.54) is 42.5 Å². The van der Waals surface area contributed by atoms with Crippen molar-refractivity contribution in [2.24, 2.45) is 4.99 Å². The summed E-state index contributed by atoms with van der Waals surface area (Å²) >= 11 is 5.76. The molecule has 0 saturated heterocycles. The molecule has 120 valence electrons. The third kappa shape index (κ3) is 3.02. The lowest BCUT2D eigenvalue weighted by atomic mass is 10.2. The van der Waals surface area contributed by atoms with Crippen LogP contribution in [0, 0.1) is 15.9 Å². The van der Waals surface area contributed by atoms with Crippen molar-refractivity contribution in [1.29, 1.82) is 0 Å². The third-order valence-electron chi connectivity index (χ3n) is 3.31. The molecule has 1 aliphatic heterocycles. The van der Waals surface area contributed by atoms with Gasteiger partial charge in [-0.15, -0.1) is 0 Å². The summed E-state index contributed by atoms with van der Waals surface area (Å²) in [6.45, 7) is 0. The molecule has 0 radical (unpaired) electrons. The molecule has 0 aliphatic carbocycles. The van der Waals surface area contributed by atoms with E-state index in [2.05, 4.69) is 10.3 Å². The van der Waals surface area contributed by atoms with Gasteiger partial charge < -0.3 is 5.32 Å². The van der Waals surface area contributed by atoms with E-state index in [-0.39, 0.29) is 27.8 Å². The number of amidine groups is 1. The van der Waals surface area contributed by atoms with Crippen LogP contribution in [0.15, 0.2) is 53.2 Å². The lowest BCUT2D eigenvalue weighted by Crippen LogP contribution is -2.24. The zero-order chi connectivity index (χ0) is 17.3. The van der Waals surface area contributed by atoms with Gasteiger partial charge in [-0.25, -0.2) is 9.38 Å². The van der Waals surface area contributed by atoms with Crippen molar-refractivity contribution < 1.29 is 14.1 Å². The van der Waals surface area contributed by atoms with Gasteiger partial charge in [0.2, 0.25) is 0 Å². The first kappa shape index (κ1) is 15.8. The molecular formula is C16H9ClFN3O3. The van der Waals surface area contributed by atoms with Gasteiger partial charge in [0.1, 0.15) is 22.4 Å². The van der Waals surface area contributed by atoms with Crippen molar-refractivity contribution in [2.75, 3.05) is 0 Å². The highest BCUT2D eigenvalue weighted by Gasteiger charge is 2.23. The number of hydrogen-bond donors (Lipinski definition) is 1. The van der Waals surface area contributed by atoms with Gasteiger partial charge in [-0.05, 0) is 24.3 Å². The first-order chi connectivity index (χ1) is 11.5. The first-order valence-electron chi connectivity index (χ1n) is 6.76. The zero-order valence-electron chi connectivity index (χ0n) is 12.0. The van der Waals surface area contributed by atoms with Crippen molar-refractivity contribution in [2.45, 2.75) is 0 Å². The Morgan fingerprint density at radius 2 is 2.00 bits per heavy atom. The van der Waals surface area contributed by atoms with Crippen LogP contribution in [-0.4, -0.2) is 16.7 Å². The van der Waals surface area contributed by atoms with Gasteiger partial charge in [0.05, 0.1) is 4.92 Å². The maximum atomic E-state index is 13.7. The Bertz CT molecular complexity index is 925. The van der Waals surface area contributed by atoms with E-state index in [1.807, 2.05) is 0 Å². The normalized spacial score (nSPS) is 15.3. The molecule has 2 aromatic carbocycles. The number of nitro groups is 1. The van der Waals surface area contributed by atoms with Crippen molar-refractivity contribution in [1.82, 2.24) is 5.32 Å². The second-order valence-electron chi connectivity index (χ2n) is 4.89. The lowest BCUT2D eigenvalue weighted by Gasteiger charge is -2.01. The molecule has 8 heteroatoms. The van der Waals surface area contributed by atoms with Crippen LogP contribution in [0.1, 0.15) is 11.1 Å². The van der Waals surface area contributed by atoms with Crippen LogP contribution in [0.3, 0.4) is 0 Å². The molecule has 0 saturated carbocycles. The van der Waals surface area contributed by atoms with Crippen molar-refractivity contribution in [3.05, 3.63) is 80.2 Å². The lowest BCUT2D eigenvalue weighted by molar-refractivity contribution is -0.384. The number of amides is 1. The third-order valence-corrected chi connectivity index (χ3v) is 3.63. The first-order valence-corrected chi connectivity index (χ1v) is 7.14. The molecule has 0 fully saturated rings. The van der Waals surface area contributed by atoms with Crippen LogP contribution in [0.25, 0.3) is 6.08 Å². The summed E-state index contributed by atoms with van der Waals surface area (Å²) in [5, 5.41) is 13.4. The highest BCUT2D eigenvalue weighted by Crippen LogP contribution is 2.26. The van der Waals surface area contributed by atoms with E-state index in [1.54, 1.807) is 6.07 Å². The number of nitro benzene ring substituents is 1. The molecule has 0 atom stereocenters. The minimum Gasteiger partial charge on any atom is -0.305 e. The molecule has 3 rings (SSSR count). The minimum absolute atomic E-state index is 0.00713. The fourth-order valence-electron chi connectivity index (χ4n) is 2.14. The highest BCUT2D eigenvalue weighted by molar-refractivity contribution is 6.33. The molecule has 0 aromatic heterocycles. The number of carbonyl (C=O) groups excluding carboxylic acids is 1. The SMILES string of the molecule is O=C1NC(c2ccc(Cl)c([N+](=O)[O-])c2)=NC1=Cc1ccccc1F. The Morgan fingerprint density at radius 3 is 2.71 bits per heavy atom. The Labute approximate surface area is 140 Å². The van der Waals surface area contributed by atoms with Gasteiger partial charge in [0.25, 0.3) is 11.6 Å². The predicted octanol–water partition coefficient (Wildman–Crippen LogP) is 3.30. The van der Waals surface area contributed by atoms with Gasteiger partial charge in [-0.2, -0.15) is 0 Å². The van der Waals surface area contributed by atoms with Gasteiger partial charge in [-0.3, -0.25) is 14.9 Å². The Hall–Kier alpha value is -3.06. The standard InChI is InChI=1S/C16H9ClFN3O3/c17-11-6-5-10(8-14(11)21(23)24)15-19-13(16(22)20-15)7-9-3-1-2-4-12(9)18/h1-8H,(H,19,20,22). The smallest absolute Gasteiger partial charge is 0.288 e. The quantitative estimate of drug-likeness (QED) is 0.526. The molecule has 0 bridgehead atoms. The molecule has 1 heterocycles. The van der Waals surface area contributed by atoms with Crippen LogP contribution in [0.5, 0.6) is 0 Å². The van der Waals surface area contributed by atoms with Crippen molar-refractivity contribution >= 4 is 35.1 Å². The average molecular weight is 346 g/mol. The molecule has 0 spiro atoms. The summed E-state index contributed by atoms with van der Waals surface area (Å²) in [7, 11) is 0. The number of nitrogens with one attached hydrogen (secondary N) is 1. The summed E-state index contributed by atoms with van der Waals surface area (Å²) in [6.07, 6.45) is 1.31. The fourth-order valence-corrected chi connectivity index (χ4v) is 2.33. The number of rotatable bonds is 3. The summed E-state index contributed by atoms with van der Waals surface area (Å²) in [5.74, 6) is -0.864. The molecule has 0 unspecified atom stereocenters. The van der Waals surface area contributed by atoms with E-state index < -0.39 is 16.6 Å². The number of aliphatic imine (C=N–C) groups is 1. The second-order valence-corrected chi connectivity index (χ2v) is 5.30. The number of hydrogen-bond acceptors (Lipinski definition) is 4. The van der Waals surface area contributed by atoms with Crippen LogP contribution in [0.4, 0.5) is 10.1 Å². The maximum absolute atomic E-state index is 13.7. The fraction of sp³-hybridized carbons (Fsp3) is 0. The van der Waals surface area contributed by atoms with E-state index in [9.17, 15) is 19.3 Å². The predicted molar refractivity (Wildman–Crippen MR) is 87.2 cm³/mol. The monoisotopic (exact) mass is 345 g/mol. The molecule has 1 amide bonds. The number of carbonyl (C=O) groups is 1. The zero-order valence-corrected chi connectivity index (χ0v) is 12.7. The van der Waals surface area contributed by atoms with Crippen molar-refractivity contribution in [3.8, 4) is 0 Å². The summed E-state index contributed by atoms with van der Waals surface area (Å²) in [4.78, 5) is 26.4. The number of nitrogens with zero attached hydrogens (tertiary/aromatic N) is 2. The highest BCUT2D eigenvalue weighted by atomic mass is 35.5. The van der Waals surface area contributed by atoms with Gasteiger partial charge in [0, 0.05) is 17.2 Å². The van der Waals surface area contributed by atoms with Gasteiger partial charge in [0.15, 0.2) is 0 Å². The van der Waals surface area contributed by atoms with E-state index in [0.717, 1.165) is 0 Å². The molecule has 24 heavy (non-hydrogen) atoms. The van der Waals surface area contributed by atoms with Crippen LogP contribution in [0.2, 0.25) is 5.02 Å². The average Bonchev–Trinajstić information content (AvgIpc) is 2.91. The Kier molecular flexibility index (Phi) is 4.09. The maximum Gasteiger partial charge on any atom is 0.288 e. The summed E-state index contributed by atoms with van der Waals surface area (Å²) < 4.78 is 13.7. The van der Waals surface area contributed by atoms with E-state index in [4.69, 9.17) is 11.6 Å². The largest absolute Gasteiger partial charge is 0.305 e. The van der Waals surface area contributed by atoms with Crippen LogP contribution >= 0.6 is 11.6 Å². The second kappa shape index (κ2) is 6.21. The molecule has 6 nitrogen and oxygen atoms in total. The molecule has 1 aliphatic rings. The summed E-state index contributed by atoms with van der Waals surface area (Å²) in [5.41, 5.74) is 0.261. The molecular weight excluding hydrogens is 337 g/mol. The number of halogens is 2. The Balaban J connectivity index is 2.00. The van der Waals surface area contributed by atoms with Crippen LogP contribution in [-0.2, 0) is 4.79 Å². The topological polar surface area (TPSA) is 84.6 Å². The van der Waals surface area contributed by atoms with Gasteiger partial charge in [-0.1, -0.05) is 29.8 Å². The minimum atomic E-state index is -0.626. The van der Waals surface area contributed by atoms with Crippen LogP contribution < -0.4 is 5.32 Å². The van der Waals surface area contributed by atoms with E-state index >= 15 is 0 Å². The number of benzene rings is 2. The van der Waals surface area contributed by atoms with Gasteiger partial charge >= 0.3 is 0 Å².